The van der Waals surface area contributed by atoms with Gasteiger partial charge < -0.3 is 5.32 Å². The summed E-state index contributed by atoms with van der Waals surface area (Å²) in [6, 6.07) is 0.521. The van der Waals surface area contributed by atoms with Gasteiger partial charge in [-0.15, -0.1) is 0 Å². The van der Waals surface area contributed by atoms with Crippen LogP contribution < -0.4 is 5.32 Å². The molecule has 2 rings (SSSR count). The lowest BCUT2D eigenvalue weighted by molar-refractivity contribution is 0.741. The van der Waals surface area contributed by atoms with Crippen LogP contribution in [0, 0.1) is 0 Å². The van der Waals surface area contributed by atoms with E-state index in [0.29, 0.717) is 17.1 Å². The van der Waals surface area contributed by atoms with Gasteiger partial charge in [-0.25, -0.2) is 9.97 Å². The van der Waals surface area contributed by atoms with E-state index in [1.54, 1.807) is 6.33 Å². The van der Waals surface area contributed by atoms with E-state index in [9.17, 15) is 0 Å². The topological polar surface area (TPSA) is 37.8 Å². The summed E-state index contributed by atoms with van der Waals surface area (Å²) in [5.41, 5.74) is 1.04. The molecule has 3 nitrogen and oxygen atoms in total. The van der Waals surface area contributed by atoms with Crippen molar-refractivity contribution in [3.63, 3.8) is 0 Å². The van der Waals surface area contributed by atoms with Gasteiger partial charge in [0, 0.05) is 16.9 Å². The van der Waals surface area contributed by atoms with Crippen LogP contribution in [0.1, 0.15) is 51.5 Å². The highest BCUT2D eigenvalue weighted by Gasteiger charge is 2.26. The fraction of sp³-hybridized carbons (Fsp3) is 0.714. The first-order valence-corrected chi connectivity index (χ1v) is 8.43. The molecule has 0 aliphatic heterocycles. The van der Waals surface area contributed by atoms with Crippen LogP contribution in [0.5, 0.6) is 0 Å². The zero-order valence-electron chi connectivity index (χ0n) is 11.8. The van der Waals surface area contributed by atoms with Crippen LogP contribution in [0.15, 0.2) is 6.33 Å². The van der Waals surface area contributed by atoms with E-state index in [4.69, 9.17) is 11.6 Å². The molecule has 1 aromatic heterocycles. The molecule has 5 heteroatoms. The number of nitrogens with one attached hydrogen (secondary N) is 1. The number of thioether (sulfide) groups is 1. The third-order valence-electron chi connectivity index (χ3n) is 3.54. The molecular formula is C14H22ClN3S. The highest BCUT2D eigenvalue weighted by atomic mass is 35.5. The van der Waals surface area contributed by atoms with Crippen LogP contribution >= 0.6 is 23.4 Å². The fourth-order valence-corrected chi connectivity index (χ4v) is 4.15. The average Bonchev–Trinajstić information content (AvgIpc) is 2.76. The Morgan fingerprint density at radius 1 is 1.42 bits per heavy atom. The summed E-state index contributed by atoms with van der Waals surface area (Å²) in [4.78, 5) is 8.47. The van der Waals surface area contributed by atoms with Crippen LogP contribution in [0.3, 0.4) is 0 Å². The lowest BCUT2D eigenvalue weighted by Gasteiger charge is -2.18. The molecule has 2 atom stereocenters. The molecule has 1 aromatic rings. The number of halogens is 1. The summed E-state index contributed by atoms with van der Waals surface area (Å²) < 4.78 is 0. The number of hydrogen-bond acceptors (Lipinski definition) is 4. The second kappa shape index (κ2) is 6.80. The van der Waals surface area contributed by atoms with E-state index in [1.807, 2.05) is 0 Å². The summed E-state index contributed by atoms with van der Waals surface area (Å²) in [5.74, 6) is 2.45. The Kier molecular flexibility index (Phi) is 5.34. The van der Waals surface area contributed by atoms with Gasteiger partial charge in [0.15, 0.2) is 0 Å². The molecule has 0 radical (unpaired) electrons. The van der Waals surface area contributed by atoms with E-state index in [0.717, 1.165) is 16.6 Å². The Morgan fingerprint density at radius 2 is 2.21 bits per heavy atom. The van der Waals surface area contributed by atoms with E-state index < -0.39 is 0 Å². The molecule has 0 saturated heterocycles. The van der Waals surface area contributed by atoms with Gasteiger partial charge in [-0.2, -0.15) is 11.8 Å². The number of hydrogen-bond donors (Lipinski definition) is 1. The van der Waals surface area contributed by atoms with E-state index in [2.05, 4.69) is 47.8 Å². The molecule has 1 saturated carbocycles. The van der Waals surface area contributed by atoms with Crippen molar-refractivity contribution in [2.75, 3.05) is 11.1 Å². The SMILES string of the molecule is CCSC1CCC(Nc2ncnc(Cl)c2C(C)C)C1. The summed E-state index contributed by atoms with van der Waals surface area (Å²) in [6.45, 7) is 6.48. The Balaban J connectivity index is 2.06. The van der Waals surface area contributed by atoms with E-state index >= 15 is 0 Å². The molecule has 106 valence electrons. The zero-order valence-corrected chi connectivity index (χ0v) is 13.4. The van der Waals surface area contributed by atoms with Gasteiger partial charge in [0.2, 0.25) is 0 Å². The largest absolute Gasteiger partial charge is 0.367 e. The van der Waals surface area contributed by atoms with Crippen molar-refractivity contribution in [2.45, 2.75) is 57.2 Å². The van der Waals surface area contributed by atoms with Crippen molar-refractivity contribution in [1.82, 2.24) is 9.97 Å². The smallest absolute Gasteiger partial charge is 0.138 e. The number of aromatic nitrogens is 2. The summed E-state index contributed by atoms with van der Waals surface area (Å²) in [5, 5.41) is 4.94. The fourth-order valence-electron chi connectivity index (χ4n) is 2.65. The first-order valence-electron chi connectivity index (χ1n) is 7.00. The number of rotatable bonds is 5. The molecule has 0 amide bonds. The quantitative estimate of drug-likeness (QED) is 0.821. The van der Waals surface area contributed by atoms with E-state index in [-0.39, 0.29) is 0 Å². The third-order valence-corrected chi connectivity index (χ3v) is 5.07. The Labute approximate surface area is 124 Å². The lowest BCUT2D eigenvalue weighted by atomic mass is 10.1. The van der Waals surface area contributed by atoms with Crippen molar-refractivity contribution in [3.05, 3.63) is 17.0 Å². The normalized spacial score (nSPS) is 23.0. The van der Waals surface area contributed by atoms with Crippen LogP contribution in [0.4, 0.5) is 5.82 Å². The van der Waals surface area contributed by atoms with Gasteiger partial charge in [-0.05, 0) is 30.9 Å². The van der Waals surface area contributed by atoms with Crippen molar-refractivity contribution < 1.29 is 0 Å². The Hall–Kier alpha value is -0.480. The van der Waals surface area contributed by atoms with Gasteiger partial charge in [0.1, 0.15) is 17.3 Å². The molecule has 0 aromatic carbocycles. The minimum Gasteiger partial charge on any atom is -0.367 e. The molecule has 1 aliphatic carbocycles. The standard InChI is InChI=1S/C14H22ClN3S/c1-4-19-11-6-5-10(7-11)18-14-12(9(2)3)13(15)16-8-17-14/h8-11H,4-7H2,1-3H3,(H,16,17,18). The molecule has 1 aliphatic rings. The molecule has 0 spiro atoms. The summed E-state index contributed by atoms with van der Waals surface area (Å²) in [6.07, 6.45) is 5.28. The van der Waals surface area contributed by atoms with Gasteiger partial charge in [0.05, 0.1) is 0 Å². The maximum atomic E-state index is 6.19. The number of nitrogens with zero attached hydrogens (tertiary/aromatic N) is 2. The summed E-state index contributed by atoms with van der Waals surface area (Å²) >= 11 is 8.26. The second-order valence-corrected chi connectivity index (χ2v) is 7.25. The predicted molar refractivity (Wildman–Crippen MR) is 84.3 cm³/mol. The van der Waals surface area contributed by atoms with Gasteiger partial charge in [-0.1, -0.05) is 32.4 Å². The minimum atomic E-state index is 0.332. The maximum Gasteiger partial charge on any atom is 0.138 e. The van der Waals surface area contributed by atoms with Crippen molar-refractivity contribution in [2.24, 2.45) is 0 Å². The molecule has 0 bridgehead atoms. The van der Waals surface area contributed by atoms with Gasteiger partial charge >= 0.3 is 0 Å². The highest BCUT2D eigenvalue weighted by molar-refractivity contribution is 7.99. The third kappa shape index (κ3) is 3.76. The van der Waals surface area contributed by atoms with Crippen LogP contribution in [-0.2, 0) is 0 Å². The molecule has 19 heavy (non-hydrogen) atoms. The Bertz CT molecular complexity index is 425. The Morgan fingerprint density at radius 3 is 2.89 bits per heavy atom. The van der Waals surface area contributed by atoms with Gasteiger partial charge in [-0.3, -0.25) is 0 Å². The zero-order chi connectivity index (χ0) is 13.8. The number of anilines is 1. The van der Waals surface area contributed by atoms with Crippen LogP contribution in [0.25, 0.3) is 0 Å². The maximum absolute atomic E-state index is 6.19. The predicted octanol–water partition coefficient (Wildman–Crippen LogP) is 4.34. The van der Waals surface area contributed by atoms with Crippen molar-refractivity contribution >= 4 is 29.2 Å². The van der Waals surface area contributed by atoms with Crippen LogP contribution in [-0.4, -0.2) is 27.0 Å². The first kappa shape index (κ1) is 14.9. The molecular weight excluding hydrogens is 278 g/mol. The molecule has 1 N–H and O–H groups in total. The second-order valence-electron chi connectivity index (χ2n) is 5.31. The first-order chi connectivity index (χ1) is 9.11. The lowest BCUT2D eigenvalue weighted by Crippen LogP contribution is -2.19. The molecule has 1 fully saturated rings. The minimum absolute atomic E-state index is 0.332. The average molecular weight is 300 g/mol. The molecule has 1 heterocycles. The van der Waals surface area contributed by atoms with E-state index in [1.165, 1.54) is 25.0 Å². The highest BCUT2D eigenvalue weighted by Crippen LogP contribution is 2.34. The summed E-state index contributed by atoms with van der Waals surface area (Å²) in [7, 11) is 0. The monoisotopic (exact) mass is 299 g/mol. The molecule has 2 unspecified atom stereocenters. The van der Waals surface area contributed by atoms with Gasteiger partial charge in [0.25, 0.3) is 0 Å². The van der Waals surface area contributed by atoms with Crippen LogP contribution in [0.2, 0.25) is 5.15 Å². The van der Waals surface area contributed by atoms with Crippen molar-refractivity contribution in [1.29, 1.82) is 0 Å². The van der Waals surface area contributed by atoms with Crippen molar-refractivity contribution in [3.8, 4) is 0 Å².